The lowest BCUT2D eigenvalue weighted by molar-refractivity contribution is -0.388. The molecule has 106 valence electrons. The first-order chi connectivity index (χ1) is 9.13. The van der Waals surface area contributed by atoms with Gasteiger partial charge in [0.25, 0.3) is 0 Å². The number of nitrogens with zero attached hydrogens (tertiary/aromatic N) is 4. The van der Waals surface area contributed by atoms with Gasteiger partial charge in [-0.25, -0.2) is 0 Å². The van der Waals surface area contributed by atoms with E-state index in [1.807, 2.05) is 6.92 Å². The molecular formula is C12H21N5O2. The Labute approximate surface area is 112 Å². The Kier molecular flexibility index (Phi) is 4.36. The monoisotopic (exact) mass is 267 g/mol. The highest BCUT2D eigenvalue weighted by Crippen LogP contribution is 2.27. The van der Waals surface area contributed by atoms with Gasteiger partial charge in [-0.3, -0.25) is 4.57 Å². The van der Waals surface area contributed by atoms with E-state index >= 15 is 0 Å². The van der Waals surface area contributed by atoms with E-state index in [2.05, 4.69) is 15.2 Å². The zero-order valence-corrected chi connectivity index (χ0v) is 11.5. The number of piperidine rings is 1. The molecule has 1 fully saturated rings. The summed E-state index contributed by atoms with van der Waals surface area (Å²) in [5.41, 5.74) is 0. The quantitative estimate of drug-likeness (QED) is 0.640. The van der Waals surface area contributed by atoms with Gasteiger partial charge in [-0.2, -0.15) is 0 Å². The number of aryl methyl sites for hydroxylation is 1. The van der Waals surface area contributed by atoms with Crippen LogP contribution in [-0.2, 0) is 7.05 Å². The summed E-state index contributed by atoms with van der Waals surface area (Å²) in [4.78, 5) is 16.6. The Hall–Kier alpha value is -1.63. The Morgan fingerprint density at radius 3 is 2.84 bits per heavy atom. The van der Waals surface area contributed by atoms with Gasteiger partial charge in [-0.1, -0.05) is 0 Å². The molecule has 7 heteroatoms. The summed E-state index contributed by atoms with van der Waals surface area (Å²) in [6.07, 6.45) is 3.77. The van der Waals surface area contributed by atoms with Crippen LogP contribution in [0.5, 0.6) is 0 Å². The van der Waals surface area contributed by atoms with Crippen LogP contribution in [0.1, 0.15) is 19.8 Å². The fraction of sp³-hybridized carbons (Fsp3) is 0.750. The zero-order valence-electron chi connectivity index (χ0n) is 11.5. The molecule has 19 heavy (non-hydrogen) atoms. The number of hydrogen-bond acceptors (Lipinski definition) is 5. The second-order valence-corrected chi connectivity index (χ2v) is 4.99. The van der Waals surface area contributed by atoms with E-state index in [1.165, 1.54) is 6.33 Å². The molecule has 0 bridgehead atoms. The second kappa shape index (κ2) is 6.01. The van der Waals surface area contributed by atoms with Crippen LogP contribution in [0.25, 0.3) is 0 Å². The Morgan fingerprint density at radius 1 is 1.58 bits per heavy atom. The lowest BCUT2D eigenvalue weighted by Gasteiger charge is -2.30. The Morgan fingerprint density at radius 2 is 2.26 bits per heavy atom. The maximum atomic E-state index is 11.0. The Balaban J connectivity index is 2.16. The van der Waals surface area contributed by atoms with Crippen LogP contribution >= 0.6 is 0 Å². The molecule has 1 aromatic heterocycles. The molecule has 0 unspecified atom stereocenters. The topological polar surface area (TPSA) is 76.2 Å². The molecule has 1 aromatic rings. The number of nitro groups is 1. The third kappa shape index (κ3) is 3.04. The highest BCUT2D eigenvalue weighted by atomic mass is 16.6. The number of anilines is 1. The van der Waals surface area contributed by atoms with Gasteiger partial charge in [0.2, 0.25) is 12.1 Å². The van der Waals surface area contributed by atoms with Gasteiger partial charge in [0.15, 0.2) is 0 Å². The molecule has 0 radical (unpaired) electrons. The molecule has 1 aliphatic heterocycles. The molecular weight excluding hydrogens is 246 g/mol. The summed E-state index contributed by atoms with van der Waals surface area (Å²) in [5, 5.41) is 14.4. The second-order valence-electron chi connectivity index (χ2n) is 4.99. The van der Waals surface area contributed by atoms with Gasteiger partial charge in [0.05, 0.1) is 0 Å². The van der Waals surface area contributed by atoms with E-state index in [4.69, 9.17) is 0 Å². The summed E-state index contributed by atoms with van der Waals surface area (Å²) in [6.45, 7) is 5.71. The largest absolute Gasteiger partial charge is 0.406 e. The highest BCUT2D eigenvalue weighted by molar-refractivity contribution is 5.54. The number of nitrogens with one attached hydrogen (secondary N) is 1. The standard InChI is InChI=1S/C12H21N5O2/c1-3-16(8-10-4-6-13-7-5-10)12-11(17(18)19)14-9-15(12)2/h9-10,13H,3-8H2,1-2H3. The SMILES string of the molecule is CCN(CC1CCNCC1)c1c([N+](=O)[O-])ncn1C. The predicted molar refractivity (Wildman–Crippen MR) is 73.3 cm³/mol. The van der Waals surface area contributed by atoms with E-state index in [-0.39, 0.29) is 5.82 Å². The third-order valence-corrected chi connectivity index (χ3v) is 3.68. The minimum atomic E-state index is -0.402. The first-order valence-corrected chi connectivity index (χ1v) is 6.74. The smallest absolute Gasteiger partial charge is 0.358 e. The molecule has 0 aromatic carbocycles. The maximum Gasteiger partial charge on any atom is 0.406 e. The first kappa shape index (κ1) is 13.8. The highest BCUT2D eigenvalue weighted by Gasteiger charge is 2.26. The van der Waals surface area contributed by atoms with Crippen LogP contribution in [0.15, 0.2) is 6.33 Å². The zero-order chi connectivity index (χ0) is 13.8. The van der Waals surface area contributed by atoms with Gasteiger partial charge >= 0.3 is 5.82 Å². The van der Waals surface area contributed by atoms with Crippen molar-refractivity contribution in [2.75, 3.05) is 31.1 Å². The number of hydrogen-bond donors (Lipinski definition) is 1. The molecule has 1 N–H and O–H groups in total. The van der Waals surface area contributed by atoms with Gasteiger partial charge < -0.3 is 20.3 Å². The minimum absolute atomic E-state index is 0.0433. The van der Waals surface area contributed by atoms with Crippen molar-refractivity contribution in [1.29, 1.82) is 0 Å². The number of aromatic nitrogens is 2. The number of imidazole rings is 1. The maximum absolute atomic E-state index is 11.0. The molecule has 1 aliphatic rings. The lowest BCUT2D eigenvalue weighted by atomic mass is 9.97. The molecule has 2 heterocycles. The van der Waals surface area contributed by atoms with Gasteiger partial charge in [-0.15, -0.1) is 0 Å². The van der Waals surface area contributed by atoms with Crippen molar-refractivity contribution in [2.45, 2.75) is 19.8 Å². The lowest BCUT2D eigenvalue weighted by Crippen LogP contribution is -2.37. The van der Waals surface area contributed by atoms with Gasteiger partial charge in [-0.05, 0) is 48.7 Å². The number of rotatable bonds is 5. The van der Waals surface area contributed by atoms with Crippen molar-refractivity contribution in [1.82, 2.24) is 14.9 Å². The van der Waals surface area contributed by atoms with Crippen LogP contribution in [-0.4, -0.2) is 40.7 Å². The molecule has 0 spiro atoms. The Bertz CT molecular complexity index is 439. The van der Waals surface area contributed by atoms with E-state index in [0.29, 0.717) is 11.7 Å². The van der Waals surface area contributed by atoms with Gasteiger partial charge in [0, 0.05) is 20.1 Å². The fourth-order valence-corrected chi connectivity index (χ4v) is 2.65. The summed E-state index contributed by atoms with van der Waals surface area (Å²) in [6, 6.07) is 0. The van der Waals surface area contributed by atoms with Crippen molar-refractivity contribution < 1.29 is 4.92 Å². The average Bonchev–Trinajstić information content (AvgIpc) is 2.79. The van der Waals surface area contributed by atoms with Crippen LogP contribution in [0.3, 0.4) is 0 Å². The van der Waals surface area contributed by atoms with Crippen molar-refractivity contribution in [3.63, 3.8) is 0 Å². The normalized spacial score (nSPS) is 16.5. The predicted octanol–water partition coefficient (Wildman–Crippen LogP) is 1.15. The first-order valence-electron chi connectivity index (χ1n) is 6.74. The molecule has 0 amide bonds. The van der Waals surface area contributed by atoms with Crippen molar-refractivity contribution >= 4 is 11.6 Å². The van der Waals surface area contributed by atoms with Crippen molar-refractivity contribution in [2.24, 2.45) is 13.0 Å². The van der Waals surface area contributed by atoms with Crippen LogP contribution in [0.4, 0.5) is 11.6 Å². The van der Waals surface area contributed by atoms with Crippen molar-refractivity contribution in [3.05, 3.63) is 16.4 Å². The van der Waals surface area contributed by atoms with E-state index in [9.17, 15) is 10.1 Å². The van der Waals surface area contributed by atoms with Crippen LogP contribution in [0, 0.1) is 16.0 Å². The van der Waals surface area contributed by atoms with Gasteiger partial charge in [0.1, 0.15) is 0 Å². The third-order valence-electron chi connectivity index (χ3n) is 3.68. The molecule has 0 saturated carbocycles. The minimum Gasteiger partial charge on any atom is -0.358 e. The van der Waals surface area contributed by atoms with E-state index in [0.717, 1.165) is 39.0 Å². The fourth-order valence-electron chi connectivity index (χ4n) is 2.65. The molecule has 0 aliphatic carbocycles. The average molecular weight is 267 g/mol. The van der Waals surface area contributed by atoms with Crippen molar-refractivity contribution in [3.8, 4) is 0 Å². The molecule has 0 atom stereocenters. The molecule has 7 nitrogen and oxygen atoms in total. The molecule has 2 rings (SSSR count). The van der Waals surface area contributed by atoms with Crippen LogP contribution in [0.2, 0.25) is 0 Å². The summed E-state index contributed by atoms with van der Waals surface area (Å²) in [5.74, 6) is 1.17. The van der Waals surface area contributed by atoms with Crippen LogP contribution < -0.4 is 10.2 Å². The summed E-state index contributed by atoms with van der Waals surface area (Å²) >= 11 is 0. The molecule has 1 saturated heterocycles. The summed E-state index contributed by atoms with van der Waals surface area (Å²) < 4.78 is 1.74. The van der Waals surface area contributed by atoms with E-state index < -0.39 is 4.92 Å². The summed E-state index contributed by atoms with van der Waals surface area (Å²) in [7, 11) is 1.81. The van der Waals surface area contributed by atoms with E-state index in [1.54, 1.807) is 11.6 Å².